The maximum atomic E-state index is 2.63. The van der Waals surface area contributed by atoms with Crippen LogP contribution in [0.5, 0.6) is 0 Å². The Bertz CT molecular complexity index is 261. The lowest BCUT2D eigenvalue weighted by Crippen LogP contribution is -2.06. The molecule has 0 aromatic carbocycles. The summed E-state index contributed by atoms with van der Waals surface area (Å²) in [7, 11) is 0. The third-order valence-corrected chi connectivity index (χ3v) is 4.72. The highest BCUT2D eigenvalue weighted by Crippen LogP contribution is 2.56. The van der Waals surface area contributed by atoms with E-state index in [-0.39, 0.29) is 0 Å². The fraction of sp³-hybridized carbons (Fsp3) is 0.875. The summed E-state index contributed by atoms with van der Waals surface area (Å²) in [6.07, 6.45) is 9.66. The molecule has 0 spiro atoms. The van der Waals surface area contributed by atoms with Gasteiger partial charge in [0.1, 0.15) is 0 Å². The molecule has 2 aliphatic carbocycles. The maximum Gasteiger partial charge on any atom is -0.0168 e. The highest BCUT2D eigenvalue weighted by molar-refractivity contribution is 5.20. The van der Waals surface area contributed by atoms with Crippen LogP contribution in [0.15, 0.2) is 11.6 Å². The third-order valence-electron chi connectivity index (χ3n) is 4.72. The molecule has 2 aliphatic rings. The van der Waals surface area contributed by atoms with Gasteiger partial charge in [-0.15, -0.1) is 0 Å². The lowest BCUT2D eigenvalue weighted by atomic mass is 9.87. The zero-order valence-electron chi connectivity index (χ0n) is 11.5. The highest BCUT2D eigenvalue weighted by Gasteiger charge is 2.50. The van der Waals surface area contributed by atoms with Crippen molar-refractivity contribution >= 4 is 0 Å². The summed E-state index contributed by atoms with van der Waals surface area (Å²) in [4.78, 5) is 0. The van der Waals surface area contributed by atoms with E-state index in [0.717, 1.165) is 29.6 Å². The van der Waals surface area contributed by atoms with E-state index in [0.29, 0.717) is 0 Å². The molecule has 4 atom stereocenters. The van der Waals surface area contributed by atoms with Gasteiger partial charge in [-0.2, -0.15) is 0 Å². The van der Waals surface area contributed by atoms with E-state index in [9.17, 15) is 0 Å². The van der Waals surface area contributed by atoms with Gasteiger partial charge in [-0.3, -0.25) is 0 Å². The number of hydrogen-bond donors (Lipinski definition) is 0. The minimum atomic E-state index is 0.882. The van der Waals surface area contributed by atoms with Crippen LogP contribution >= 0.6 is 0 Å². The normalized spacial score (nSPS) is 37.2. The highest BCUT2D eigenvalue weighted by atomic mass is 14.5. The molecule has 0 amide bonds. The van der Waals surface area contributed by atoms with Gasteiger partial charge in [0.15, 0.2) is 0 Å². The Morgan fingerprint density at radius 2 is 2.00 bits per heavy atom. The van der Waals surface area contributed by atoms with Gasteiger partial charge in [-0.25, -0.2) is 0 Å². The summed E-state index contributed by atoms with van der Waals surface area (Å²) < 4.78 is 0. The van der Waals surface area contributed by atoms with Crippen LogP contribution in [0.4, 0.5) is 0 Å². The molecule has 0 saturated heterocycles. The number of fused-ring (bicyclic) bond motifs is 1. The molecule has 0 radical (unpaired) electrons. The average molecular weight is 220 g/mol. The first-order valence-electron chi connectivity index (χ1n) is 7.29. The minimum Gasteiger partial charge on any atom is -0.0816 e. The van der Waals surface area contributed by atoms with Gasteiger partial charge in [0.05, 0.1) is 0 Å². The largest absolute Gasteiger partial charge is 0.0816 e. The molecule has 92 valence electrons. The molecule has 0 aliphatic heterocycles. The van der Waals surface area contributed by atoms with Crippen molar-refractivity contribution in [2.24, 2.45) is 29.6 Å². The van der Waals surface area contributed by atoms with E-state index in [2.05, 4.69) is 33.8 Å². The Kier molecular flexibility index (Phi) is 3.77. The predicted octanol–water partition coefficient (Wildman–Crippen LogP) is 5.05. The van der Waals surface area contributed by atoms with E-state index in [1.165, 1.54) is 32.1 Å². The van der Waals surface area contributed by atoms with Crippen molar-refractivity contribution in [2.75, 3.05) is 0 Å². The van der Waals surface area contributed by atoms with Crippen LogP contribution in [0.3, 0.4) is 0 Å². The van der Waals surface area contributed by atoms with Crippen molar-refractivity contribution in [3.05, 3.63) is 11.6 Å². The van der Waals surface area contributed by atoms with Gasteiger partial charge in [0.25, 0.3) is 0 Å². The van der Waals surface area contributed by atoms with Gasteiger partial charge in [0.2, 0.25) is 0 Å². The topological polar surface area (TPSA) is 0 Å². The van der Waals surface area contributed by atoms with Crippen molar-refractivity contribution in [1.82, 2.24) is 0 Å². The summed E-state index contributed by atoms with van der Waals surface area (Å²) in [5.74, 6) is 4.84. The number of unbranched alkanes of at least 4 members (excludes halogenated alkanes) is 1. The first-order valence-corrected chi connectivity index (χ1v) is 7.29. The van der Waals surface area contributed by atoms with Crippen molar-refractivity contribution < 1.29 is 0 Å². The van der Waals surface area contributed by atoms with Crippen molar-refractivity contribution in [3.8, 4) is 0 Å². The Hall–Kier alpha value is -0.260. The van der Waals surface area contributed by atoms with Gasteiger partial charge < -0.3 is 0 Å². The fourth-order valence-corrected chi connectivity index (χ4v) is 3.67. The number of allylic oxidation sites excluding steroid dienone is 2. The molecule has 16 heavy (non-hydrogen) atoms. The van der Waals surface area contributed by atoms with Gasteiger partial charge in [-0.1, -0.05) is 52.2 Å². The molecule has 0 heterocycles. The summed E-state index contributed by atoms with van der Waals surface area (Å²) >= 11 is 0. The first kappa shape index (κ1) is 12.2. The molecule has 0 N–H and O–H groups in total. The summed E-state index contributed by atoms with van der Waals surface area (Å²) in [6, 6.07) is 0. The molecular weight excluding hydrogens is 192 g/mol. The Morgan fingerprint density at radius 3 is 2.62 bits per heavy atom. The molecule has 0 aromatic heterocycles. The lowest BCUT2D eigenvalue weighted by Gasteiger charge is -2.18. The van der Waals surface area contributed by atoms with E-state index < -0.39 is 0 Å². The molecule has 1 fully saturated rings. The molecule has 0 bridgehead atoms. The fourth-order valence-electron chi connectivity index (χ4n) is 3.67. The molecule has 1 saturated carbocycles. The number of rotatable bonds is 5. The monoisotopic (exact) mass is 220 g/mol. The summed E-state index contributed by atoms with van der Waals surface area (Å²) in [5.41, 5.74) is 1.78. The van der Waals surface area contributed by atoms with Gasteiger partial charge in [0, 0.05) is 0 Å². The van der Waals surface area contributed by atoms with Crippen LogP contribution in [0.2, 0.25) is 0 Å². The zero-order valence-corrected chi connectivity index (χ0v) is 11.5. The lowest BCUT2D eigenvalue weighted by molar-refractivity contribution is 0.444. The maximum absolute atomic E-state index is 2.63. The summed E-state index contributed by atoms with van der Waals surface area (Å²) in [6.45, 7) is 9.56. The Labute approximate surface area is 102 Å². The first-order chi connectivity index (χ1) is 7.59. The SMILES string of the molecule is CC(C)CCCCC1=CC2C(C)C2C(C)C1. The number of hydrogen-bond acceptors (Lipinski definition) is 0. The second-order valence-electron chi connectivity index (χ2n) is 6.66. The molecule has 2 rings (SSSR count). The Morgan fingerprint density at radius 1 is 1.25 bits per heavy atom. The van der Waals surface area contributed by atoms with Crippen LogP contribution in [0, 0.1) is 29.6 Å². The average Bonchev–Trinajstić information content (AvgIpc) is 2.85. The summed E-state index contributed by atoms with van der Waals surface area (Å²) in [5, 5.41) is 0. The van der Waals surface area contributed by atoms with Crippen LogP contribution in [-0.4, -0.2) is 0 Å². The second kappa shape index (κ2) is 4.94. The van der Waals surface area contributed by atoms with Crippen molar-refractivity contribution in [2.45, 2.75) is 59.8 Å². The van der Waals surface area contributed by atoms with Crippen LogP contribution in [0.1, 0.15) is 59.8 Å². The van der Waals surface area contributed by atoms with Crippen LogP contribution in [0.25, 0.3) is 0 Å². The molecule has 4 unspecified atom stereocenters. The van der Waals surface area contributed by atoms with E-state index >= 15 is 0 Å². The van der Waals surface area contributed by atoms with E-state index in [1.807, 2.05) is 0 Å². The standard InChI is InChI=1S/C16H28/c1-11(2)7-5-6-8-14-9-12(3)16-13(4)15(16)10-14/h10-13,15-16H,5-9H2,1-4H3. The molecule has 0 heteroatoms. The molecule has 0 aromatic rings. The predicted molar refractivity (Wildman–Crippen MR) is 71.3 cm³/mol. The van der Waals surface area contributed by atoms with Crippen LogP contribution < -0.4 is 0 Å². The van der Waals surface area contributed by atoms with Crippen molar-refractivity contribution in [3.63, 3.8) is 0 Å². The van der Waals surface area contributed by atoms with Gasteiger partial charge >= 0.3 is 0 Å². The van der Waals surface area contributed by atoms with Crippen molar-refractivity contribution in [1.29, 1.82) is 0 Å². The zero-order chi connectivity index (χ0) is 11.7. The molecular formula is C16H28. The van der Waals surface area contributed by atoms with Gasteiger partial charge in [-0.05, 0) is 48.9 Å². The van der Waals surface area contributed by atoms with Crippen LogP contribution in [-0.2, 0) is 0 Å². The Balaban J connectivity index is 1.72. The minimum absolute atomic E-state index is 0.882. The third kappa shape index (κ3) is 2.70. The smallest absolute Gasteiger partial charge is 0.0168 e. The quantitative estimate of drug-likeness (QED) is 0.449. The molecule has 0 nitrogen and oxygen atoms in total. The van der Waals surface area contributed by atoms with E-state index in [1.54, 1.807) is 5.57 Å². The van der Waals surface area contributed by atoms with E-state index in [4.69, 9.17) is 0 Å². The second-order valence-corrected chi connectivity index (χ2v) is 6.66.